The first-order chi connectivity index (χ1) is 21.3. The van der Waals surface area contributed by atoms with Crippen molar-refractivity contribution in [2.75, 3.05) is 25.5 Å². The normalized spacial score (nSPS) is 15.5. The van der Waals surface area contributed by atoms with Gasteiger partial charge in [-0.2, -0.15) is 0 Å². The zero-order valence-electron chi connectivity index (χ0n) is 25.2. The van der Waals surface area contributed by atoms with Crippen molar-refractivity contribution in [1.29, 1.82) is 0 Å². The van der Waals surface area contributed by atoms with Crippen molar-refractivity contribution in [1.82, 2.24) is 20.2 Å². The molecule has 232 valence electrons. The van der Waals surface area contributed by atoms with E-state index >= 15 is 0 Å². The molecule has 44 heavy (non-hydrogen) atoms. The third kappa shape index (κ3) is 9.00. The first kappa shape index (κ1) is 32.3. The lowest BCUT2D eigenvalue weighted by Crippen LogP contribution is -2.40. The molecule has 2 aliphatic rings. The standard InChI is InChI=1S/C31H33FN4O2S.C3H5BrO/c1-33-23-9-12-36(13-10-23)19-22-4-6-26(35-18-22)30-17-27-31(39-30)29(8-11-34-27)38-28-7-5-21(16-25(28)32)15-24(37)14-20-2-3-20;1-3(5)2-4/h4-8,11,16-18,20,23,33H,2-3,9-10,12-15,19H2,1H3;2H2,1H3. The number of carbonyl (C=O) groups excluding carboxylic acids is 2. The summed E-state index contributed by atoms with van der Waals surface area (Å²) >= 11 is 4.50. The third-order valence-electron chi connectivity index (χ3n) is 7.87. The van der Waals surface area contributed by atoms with Crippen LogP contribution in [0.15, 0.2) is 54.9 Å². The van der Waals surface area contributed by atoms with E-state index in [4.69, 9.17) is 9.72 Å². The van der Waals surface area contributed by atoms with Crippen molar-refractivity contribution >= 4 is 49.0 Å². The molecule has 0 amide bonds. The average Bonchev–Trinajstić information content (AvgIpc) is 3.73. The lowest BCUT2D eigenvalue weighted by Gasteiger charge is -2.31. The van der Waals surface area contributed by atoms with Gasteiger partial charge >= 0.3 is 0 Å². The third-order valence-corrected chi connectivity index (χ3v) is 9.82. The molecule has 7 nitrogen and oxygen atoms in total. The van der Waals surface area contributed by atoms with E-state index in [1.165, 1.54) is 42.7 Å². The average molecular weight is 682 g/mol. The van der Waals surface area contributed by atoms with E-state index in [0.29, 0.717) is 35.0 Å². The van der Waals surface area contributed by atoms with Crippen LogP contribution in [-0.2, 0) is 22.6 Å². The van der Waals surface area contributed by atoms with Gasteiger partial charge in [0.1, 0.15) is 17.3 Å². The lowest BCUT2D eigenvalue weighted by atomic mass is 10.0. The van der Waals surface area contributed by atoms with E-state index in [0.717, 1.165) is 53.3 Å². The number of ketones is 2. The number of likely N-dealkylation sites (tertiary alicyclic amines) is 1. The fraction of sp³-hybridized carbons (Fsp3) is 0.412. The van der Waals surface area contributed by atoms with Crippen molar-refractivity contribution in [2.24, 2.45) is 5.92 Å². The Labute approximate surface area is 270 Å². The molecule has 4 aromatic rings. The first-order valence-electron chi connectivity index (χ1n) is 15.1. The molecule has 4 heterocycles. The van der Waals surface area contributed by atoms with Crippen LogP contribution in [0.3, 0.4) is 0 Å². The van der Waals surface area contributed by atoms with Gasteiger partial charge in [0.05, 0.1) is 26.1 Å². The Kier molecular flexibility index (Phi) is 11.2. The molecule has 0 bridgehead atoms. The maximum absolute atomic E-state index is 14.9. The number of nitrogens with one attached hydrogen (secondary N) is 1. The summed E-state index contributed by atoms with van der Waals surface area (Å²) in [4.78, 5) is 34.6. The van der Waals surface area contributed by atoms with Crippen molar-refractivity contribution < 1.29 is 18.7 Å². The molecule has 1 saturated carbocycles. The number of thiophene rings is 1. The minimum atomic E-state index is -0.471. The van der Waals surface area contributed by atoms with Gasteiger partial charge in [0.25, 0.3) is 0 Å². The summed E-state index contributed by atoms with van der Waals surface area (Å²) in [6.45, 7) is 4.64. The van der Waals surface area contributed by atoms with Crippen molar-refractivity contribution in [3.8, 4) is 22.1 Å². The van der Waals surface area contributed by atoms with Crippen LogP contribution < -0.4 is 10.1 Å². The predicted molar refractivity (Wildman–Crippen MR) is 177 cm³/mol. The zero-order chi connectivity index (χ0) is 31.1. The Hall–Kier alpha value is -3.05. The summed E-state index contributed by atoms with van der Waals surface area (Å²) in [5, 5.41) is 3.86. The van der Waals surface area contributed by atoms with Gasteiger partial charge in [0, 0.05) is 43.9 Å². The van der Waals surface area contributed by atoms with Gasteiger partial charge in [-0.25, -0.2) is 4.39 Å². The number of halogens is 2. The number of benzene rings is 1. The molecule has 10 heteroatoms. The highest BCUT2D eigenvalue weighted by atomic mass is 79.9. The Bertz CT molecular complexity index is 1580. The zero-order valence-corrected chi connectivity index (χ0v) is 27.6. The van der Waals surface area contributed by atoms with E-state index in [1.807, 2.05) is 19.3 Å². The molecule has 1 saturated heterocycles. The number of fused-ring (bicyclic) bond motifs is 1. The van der Waals surface area contributed by atoms with Gasteiger partial charge < -0.3 is 10.1 Å². The number of rotatable bonds is 11. The number of aromatic nitrogens is 2. The number of carbonyl (C=O) groups is 2. The maximum atomic E-state index is 14.9. The molecule has 1 aliphatic carbocycles. The van der Waals surface area contributed by atoms with Crippen LogP contribution >= 0.6 is 27.3 Å². The van der Waals surface area contributed by atoms with Crippen LogP contribution in [0.25, 0.3) is 20.8 Å². The van der Waals surface area contributed by atoms with Gasteiger partial charge in [-0.05, 0) is 94.1 Å². The van der Waals surface area contributed by atoms with E-state index in [9.17, 15) is 14.0 Å². The Balaban J connectivity index is 0.000000712. The van der Waals surface area contributed by atoms with Gasteiger partial charge in [-0.1, -0.05) is 28.1 Å². The van der Waals surface area contributed by atoms with E-state index in [2.05, 4.69) is 43.3 Å². The lowest BCUT2D eigenvalue weighted by molar-refractivity contribution is -0.118. The Morgan fingerprint density at radius 3 is 2.43 bits per heavy atom. The highest BCUT2D eigenvalue weighted by Crippen LogP contribution is 2.39. The number of Topliss-reactive ketones (excluding diaryl/α,β-unsaturated/α-hetero) is 2. The molecule has 0 radical (unpaired) electrons. The molecule has 0 spiro atoms. The summed E-state index contributed by atoms with van der Waals surface area (Å²) < 4.78 is 21.8. The summed E-state index contributed by atoms with van der Waals surface area (Å²) in [6, 6.07) is 13.4. The molecule has 1 aromatic carbocycles. The number of piperidine rings is 1. The van der Waals surface area contributed by atoms with Crippen LogP contribution in [0, 0.1) is 11.7 Å². The minimum Gasteiger partial charge on any atom is -0.453 e. The fourth-order valence-electron chi connectivity index (χ4n) is 5.22. The second-order valence-corrected chi connectivity index (χ2v) is 13.2. The van der Waals surface area contributed by atoms with Crippen LogP contribution in [0.2, 0.25) is 0 Å². The highest BCUT2D eigenvalue weighted by molar-refractivity contribution is 9.09. The number of pyridine rings is 2. The molecule has 1 aliphatic heterocycles. The van der Waals surface area contributed by atoms with Gasteiger partial charge in [0.2, 0.25) is 0 Å². The molecular weight excluding hydrogens is 643 g/mol. The summed E-state index contributed by atoms with van der Waals surface area (Å²) in [5.74, 6) is 1.09. The largest absolute Gasteiger partial charge is 0.453 e. The second-order valence-electron chi connectivity index (χ2n) is 11.6. The van der Waals surface area contributed by atoms with Gasteiger partial charge in [-0.15, -0.1) is 11.3 Å². The molecule has 3 aromatic heterocycles. The number of hydrogen-bond acceptors (Lipinski definition) is 8. The first-order valence-corrected chi connectivity index (χ1v) is 17.0. The summed E-state index contributed by atoms with van der Waals surface area (Å²) in [6.07, 6.45) is 9.12. The predicted octanol–water partition coefficient (Wildman–Crippen LogP) is 7.36. The molecule has 6 rings (SSSR count). The second kappa shape index (κ2) is 15.3. The number of ether oxygens (including phenoxy) is 1. The van der Waals surface area contributed by atoms with Crippen LogP contribution in [0.1, 0.15) is 50.2 Å². The molecule has 1 N–H and O–H groups in total. The monoisotopic (exact) mass is 680 g/mol. The van der Waals surface area contributed by atoms with Crippen LogP contribution in [-0.4, -0.2) is 57.9 Å². The molecule has 2 fully saturated rings. The number of alkyl halides is 1. The van der Waals surface area contributed by atoms with Crippen molar-refractivity contribution in [3.05, 3.63) is 71.8 Å². The van der Waals surface area contributed by atoms with Crippen LogP contribution in [0.4, 0.5) is 4.39 Å². The molecule has 0 atom stereocenters. The highest BCUT2D eigenvalue weighted by Gasteiger charge is 2.24. The molecule has 0 unspecified atom stereocenters. The van der Waals surface area contributed by atoms with Gasteiger partial charge in [0.15, 0.2) is 11.6 Å². The Morgan fingerprint density at radius 2 is 1.80 bits per heavy atom. The maximum Gasteiger partial charge on any atom is 0.166 e. The van der Waals surface area contributed by atoms with E-state index < -0.39 is 5.82 Å². The van der Waals surface area contributed by atoms with Crippen molar-refractivity contribution in [3.63, 3.8) is 0 Å². The fourth-order valence-corrected chi connectivity index (χ4v) is 6.26. The Morgan fingerprint density at radius 1 is 1.05 bits per heavy atom. The van der Waals surface area contributed by atoms with E-state index in [-0.39, 0.29) is 23.7 Å². The smallest absolute Gasteiger partial charge is 0.166 e. The SMILES string of the molecule is CC(=O)CBr.CNC1CCN(Cc2ccc(-c3cc4nccc(Oc5ccc(CC(=O)CC6CC6)cc5F)c4s3)nc2)CC1. The number of nitrogens with zero attached hydrogens (tertiary/aromatic N) is 3. The van der Waals surface area contributed by atoms with E-state index in [1.54, 1.807) is 24.4 Å². The summed E-state index contributed by atoms with van der Waals surface area (Å²) in [7, 11) is 2.04. The number of hydrogen-bond donors (Lipinski definition) is 1. The van der Waals surface area contributed by atoms with Gasteiger partial charge in [-0.3, -0.25) is 24.5 Å². The topological polar surface area (TPSA) is 84.4 Å². The quantitative estimate of drug-likeness (QED) is 0.166. The summed E-state index contributed by atoms with van der Waals surface area (Å²) in [5.41, 5.74) is 3.56. The minimum absolute atomic E-state index is 0.136. The molecular formula is C34H38BrFN4O3S. The van der Waals surface area contributed by atoms with Crippen LogP contribution in [0.5, 0.6) is 11.5 Å². The van der Waals surface area contributed by atoms with Crippen molar-refractivity contribution in [2.45, 2.75) is 58.0 Å².